The van der Waals surface area contributed by atoms with Gasteiger partial charge in [-0.3, -0.25) is 9.59 Å². The van der Waals surface area contributed by atoms with E-state index in [1.807, 2.05) is 0 Å². The molecule has 1 aliphatic rings. The van der Waals surface area contributed by atoms with Crippen molar-refractivity contribution in [3.63, 3.8) is 0 Å². The van der Waals surface area contributed by atoms with Gasteiger partial charge >= 0.3 is 0 Å². The molecule has 0 radical (unpaired) electrons. The van der Waals surface area contributed by atoms with Gasteiger partial charge in [0.1, 0.15) is 0 Å². The highest BCUT2D eigenvalue weighted by Crippen LogP contribution is 2.26. The first-order valence-electron chi connectivity index (χ1n) is 5.14. The van der Waals surface area contributed by atoms with E-state index in [1.54, 1.807) is 24.3 Å². The highest BCUT2D eigenvalue weighted by Gasteiger charge is 2.39. The lowest BCUT2D eigenvalue weighted by Gasteiger charge is -2.12. The third kappa shape index (κ3) is 1.48. The zero-order chi connectivity index (χ0) is 12.7. The molecule has 2 heterocycles. The molecule has 1 aromatic carbocycles. The van der Waals surface area contributed by atoms with Gasteiger partial charge in [-0.15, -0.1) is 0 Å². The van der Waals surface area contributed by atoms with Crippen LogP contribution in [0.15, 0.2) is 36.7 Å². The number of amides is 2. The van der Waals surface area contributed by atoms with Crippen LogP contribution in [0.3, 0.4) is 0 Å². The second kappa shape index (κ2) is 3.89. The summed E-state index contributed by atoms with van der Waals surface area (Å²) >= 11 is 5.77. The monoisotopic (exact) mass is 259 g/mol. The highest BCUT2D eigenvalue weighted by molar-refractivity contribution is 6.33. The molecule has 18 heavy (non-hydrogen) atoms. The van der Waals surface area contributed by atoms with Gasteiger partial charge in [0.2, 0.25) is 0 Å². The smallest absolute Gasteiger partial charge is 0.266 e. The summed E-state index contributed by atoms with van der Waals surface area (Å²) in [6.45, 7) is 0. The predicted octanol–water partition coefficient (Wildman–Crippen LogP) is 1.93. The standard InChI is InChI=1S/C12H6ClN3O2/c13-7-1-3-8(4-2-7)16-11(17)9-10(12(16)18)15-6-5-14-9/h1-6H. The zero-order valence-electron chi connectivity index (χ0n) is 9.00. The van der Waals surface area contributed by atoms with Gasteiger partial charge in [-0.25, -0.2) is 14.9 Å². The second-order valence-electron chi connectivity index (χ2n) is 3.68. The molecule has 6 heteroatoms. The summed E-state index contributed by atoms with van der Waals surface area (Å²) in [7, 11) is 0. The number of imide groups is 1. The Morgan fingerprint density at radius 3 is 1.89 bits per heavy atom. The SMILES string of the molecule is O=C1c2nccnc2C(=O)N1c1ccc(Cl)cc1. The Kier molecular flexibility index (Phi) is 2.34. The maximum Gasteiger partial charge on any atom is 0.286 e. The molecule has 0 aliphatic carbocycles. The first-order chi connectivity index (χ1) is 8.68. The van der Waals surface area contributed by atoms with Crippen molar-refractivity contribution in [3.05, 3.63) is 53.1 Å². The summed E-state index contributed by atoms with van der Waals surface area (Å²) in [5.74, 6) is -0.934. The molecule has 0 saturated heterocycles. The molecule has 0 bridgehead atoms. The van der Waals surface area contributed by atoms with Crippen LogP contribution in [0.25, 0.3) is 0 Å². The Labute approximate surface area is 107 Å². The molecule has 2 aromatic rings. The summed E-state index contributed by atoms with van der Waals surface area (Å²) in [5.41, 5.74) is 0.615. The number of benzene rings is 1. The van der Waals surface area contributed by atoms with E-state index in [0.29, 0.717) is 10.7 Å². The van der Waals surface area contributed by atoms with E-state index in [-0.39, 0.29) is 11.4 Å². The number of aromatic nitrogens is 2. The number of hydrogen-bond acceptors (Lipinski definition) is 4. The van der Waals surface area contributed by atoms with Crippen LogP contribution in [0.4, 0.5) is 5.69 Å². The second-order valence-corrected chi connectivity index (χ2v) is 4.11. The van der Waals surface area contributed by atoms with Gasteiger partial charge < -0.3 is 0 Å². The molecular formula is C12H6ClN3O2. The molecular weight excluding hydrogens is 254 g/mol. The van der Waals surface area contributed by atoms with Crippen LogP contribution in [-0.2, 0) is 0 Å². The predicted molar refractivity (Wildman–Crippen MR) is 64.6 cm³/mol. The minimum Gasteiger partial charge on any atom is -0.266 e. The van der Waals surface area contributed by atoms with Crippen molar-refractivity contribution in [1.29, 1.82) is 0 Å². The van der Waals surface area contributed by atoms with Crippen molar-refractivity contribution in [1.82, 2.24) is 9.97 Å². The van der Waals surface area contributed by atoms with Gasteiger partial charge in [-0.05, 0) is 24.3 Å². The number of halogens is 1. The van der Waals surface area contributed by atoms with Gasteiger partial charge in [-0.1, -0.05) is 11.6 Å². The average Bonchev–Trinajstić information content (AvgIpc) is 2.64. The van der Waals surface area contributed by atoms with E-state index in [0.717, 1.165) is 4.90 Å². The number of carbonyl (C=O) groups is 2. The Bertz CT molecular complexity index is 620. The van der Waals surface area contributed by atoms with Gasteiger partial charge in [0.05, 0.1) is 5.69 Å². The van der Waals surface area contributed by atoms with E-state index in [4.69, 9.17) is 11.6 Å². The van der Waals surface area contributed by atoms with E-state index >= 15 is 0 Å². The molecule has 0 N–H and O–H groups in total. The van der Waals surface area contributed by atoms with Crippen LogP contribution < -0.4 is 4.90 Å². The van der Waals surface area contributed by atoms with Gasteiger partial charge in [0.15, 0.2) is 11.4 Å². The third-order valence-electron chi connectivity index (χ3n) is 2.59. The molecule has 0 fully saturated rings. The number of nitrogens with zero attached hydrogens (tertiary/aromatic N) is 3. The molecule has 2 amide bonds. The Morgan fingerprint density at radius 1 is 0.889 bits per heavy atom. The maximum absolute atomic E-state index is 12.1. The van der Waals surface area contributed by atoms with Crippen LogP contribution in [0.2, 0.25) is 5.02 Å². The first kappa shape index (κ1) is 10.9. The number of rotatable bonds is 1. The van der Waals surface area contributed by atoms with E-state index in [1.165, 1.54) is 12.4 Å². The summed E-state index contributed by atoms with van der Waals surface area (Å²) < 4.78 is 0. The minimum atomic E-state index is -0.467. The van der Waals surface area contributed by atoms with Crippen LogP contribution >= 0.6 is 11.6 Å². The fourth-order valence-corrected chi connectivity index (χ4v) is 1.91. The molecule has 3 rings (SSSR count). The van der Waals surface area contributed by atoms with Crippen molar-refractivity contribution in [2.75, 3.05) is 4.90 Å². The van der Waals surface area contributed by atoms with E-state index < -0.39 is 11.8 Å². The minimum absolute atomic E-state index is 0.0810. The fraction of sp³-hybridized carbons (Fsp3) is 0. The van der Waals surface area contributed by atoms with Crippen molar-refractivity contribution in [2.45, 2.75) is 0 Å². The molecule has 88 valence electrons. The molecule has 1 aromatic heterocycles. The van der Waals surface area contributed by atoms with Crippen LogP contribution in [-0.4, -0.2) is 21.8 Å². The lowest BCUT2D eigenvalue weighted by molar-refractivity contribution is 0.0923. The largest absolute Gasteiger partial charge is 0.286 e. The van der Waals surface area contributed by atoms with Crippen LogP contribution in [0.1, 0.15) is 21.0 Å². The molecule has 0 spiro atoms. The normalized spacial score (nSPS) is 13.9. The van der Waals surface area contributed by atoms with Crippen molar-refractivity contribution >= 4 is 29.1 Å². The van der Waals surface area contributed by atoms with Crippen LogP contribution in [0, 0.1) is 0 Å². The highest BCUT2D eigenvalue weighted by atomic mass is 35.5. The topological polar surface area (TPSA) is 63.2 Å². The summed E-state index contributed by atoms with van der Waals surface area (Å²) in [4.78, 5) is 32.9. The maximum atomic E-state index is 12.1. The molecule has 5 nitrogen and oxygen atoms in total. The lowest BCUT2D eigenvalue weighted by atomic mass is 10.3. The molecule has 0 atom stereocenters. The number of anilines is 1. The van der Waals surface area contributed by atoms with Crippen molar-refractivity contribution in [3.8, 4) is 0 Å². The lowest BCUT2D eigenvalue weighted by Crippen LogP contribution is -2.29. The molecule has 1 aliphatic heterocycles. The number of hydrogen-bond donors (Lipinski definition) is 0. The van der Waals surface area contributed by atoms with Crippen molar-refractivity contribution < 1.29 is 9.59 Å². The summed E-state index contributed by atoms with van der Waals surface area (Å²) in [6.07, 6.45) is 2.77. The average molecular weight is 260 g/mol. The number of carbonyl (C=O) groups excluding carboxylic acids is 2. The summed E-state index contributed by atoms with van der Waals surface area (Å²) in [5, 5.41) is 0.534. The quantitative estimate of drug-likeness (QED) is 0.734. The van der Waals surface area contributed by atoms with Gasteiger partial charge in [0.25, 0.3) is 11.8 Å². The first-order valence-corrected chi connectivity index (χ1v) is 5.51. The Morgan fingerprint density at radius 2 is 1.39 bits per heavy atom. The molecule has 0 saturated carbocycles. The summed E-state index contributed by atoms with van der Waals surface area (Å²) in [6, 6.07) is 6.43. The van der Waals surface area contributed by atoms with Gasteiger partial charge in [0, 0.05) is 17.4 Å². The fourth-order valence-electron chi connectivity index (χ4n) is 1.78. The number of fused-ring (bicyclic) bond motifs is 1. The van der Waals surface area contributed by atoms with Crippen molar-refractivity contribution in [2.24, 2.45) is 0 Å². The molecule has 0 unspecified atom stereocenters. The van der Waals surface area contributed by atoms with Gasteiger partial charge in [-0.2, -0.15) is 0 Å². The van der Waals surface area contributed by atoms with E-state index in [9.17, 15) is 9.59 Å². The Balaban J connectivity index is 2.09. The van der Waals surface area contributed by atoms with Crippen LogP contribution in [0.5, 0.6) is 0 Å². The Hall–Kier alpha value is -2.27. The van der Waals surface area contributed by atoms with E-state index in [2.05, 4.69) is 9.97 Å². The third-order valence-corrected chi connectivity index (χ3v) is 2.85. The zero-order valence-corrected chi connectivity index (χ0v) is 9.76.